The molecule has 1 atom stereocenters. The highest BCUT2D eigenvalue weighted by Crippen LogP contribution is 2.27. The average Bonchev–Trinajstić information content (AvgIpc) is 3.08. The summed E-state index contributed by atoms with van der Waals surface area (Å²) in [7, 11) is 0. The number of tetrazole rings is 1. The van der Waals surface area contributed by atoms with E-state index in [0.717, 1.165) is 5.69 Å². The third-order valence-electron chi connectivity index (χ3n) is 3.17. The highest BCUT2D eigenvalue weighted by Gasteiger charge is 2.13. The summed E-state index contributed by atoms with van der Waals surface area (Å²) in [4.78, 5) is 0. The van der Waals surface area contributed by atoms with Crippen molar-refractivity contribution in [1.82, 2.24) is 20.2 Å². The number of ether oxygens (including phenoxy) is 1. The fourth-order valence-corrected chi connectivity index (χ4v) is 3.26. The first-order valence-corrected chi connectivity index (χ1v) is 9.10. The molecule has 2 aromatic carbocycles. The predicted octanol–water partition coefficient (Wildman–Crippen LogP) is 3.50. The Morgan fingerprint density at radius 3 is 2.72 bits per heavy atom. The van der Waals surface area contributed by atoms with Gasteiger partial charge >= 0.3 is 0 Å². The summed E-state index contributed by atoms with van der Waals surface area (Å²) in [5, 5.41) is 23.3. The Kier molecular flexibility index (Phi) is 6.14. The third-order valence-corrected chi connectivity index (χ3v) is 4.77. The Hall–Kier alpha value is -1.80. The van der Waals surface area contributed by atoms with Gasteiger partial charge in [-0.3, -0.25) is 0 Å². The molecule has 0 saturated heterocycles. The van der Waals surface area contributed by atoms with Crippen molar-refractivity contribution in [3.8, 4) is 11.4 Å². The van der Waals surface area contributed by atoms with Gasteiger partial charge in [0, 0.05) is 10.8 Å². The van der Waals surface area contributed by atoms with Gasteiger partial charge in [0.15, 0.2) is 0 Å². The maximum Gasteiger partial charge on any atom is 0.214 e. The van der Waals surface area contributed by atoms with E-state index in [4.69, 9.17) is 27.9 Å². The number of aliphatic hydroxyl groups is 1. The van der Waals surface area contributed by atoms with Crippen LogP contribution < -0.4 is 4.74 Å². The van der Waals surface area contributed by atoms with E-state index in [9.17, 15) is 5.11 Å². The van der Waals surface area contributed by atoms with E-state index in [-0.39, 0.29) is 6.61 Å². The minimum absolute atomic E-state index is 0.0985. The van der Waals surface area contributed by atoms with Crippen LogP contribution in [0.25, 0.3) is 5.69 Å². The number of aromatic nitrogens is 4. The van der Waals surface area contributed by atoms with Crippen molar-refractivity contribution in [2.75, 3.05) is 12.4 Å². The van der Waals surface area contributed by atoms with E-state index in [0.29, 0.717) is 26.7 Å². The fraction of sp³-hybridized carbons (Fsp3) is 0.188. The van der Waals surface area contributed by atoms with Gasteiger partial charge in [-0.1, -0.05) is 53.2 Å². The lowest BCUT2D eigenvalue weighted by molar-refractivity contribution is 0.126. The summed E-state index contributed by atoms with van der Waals surface area (Å²) < 4.78 is 7.15. The number of benzene rings is 2. The van der Waals surface area contributed by atoms with E-state index in [1.807, 2.05) is 30.3 Å². The number of thioether (sulfide) groups is 1. The Bertz CT molecular complexity index is 832. The van der Waals surface area contributed by atoms with Crippen LogP contribution >= 0.6 is 35.0 Å². The Morgan fingerprint density at radius 1 is 1.16 bits per heavy atom. The van der Waals surface area contributed by atoms with Crippen LogP contribution in [0.15, 0.2) is 53.7 Å². The van der Waals surface area contributed by atoms with Crippen LogP contribution in [0.1, 0.15) is 0 Å². The van der Waals surface area contributed by atoms with E-state index in [1.165, 1.54) is 11.8 Å². The molecule has 9 heteroatoms. The molecule has 0 aliphatic carbocycles. The summed E-state index contributed by atoms with van der Waals surface area (Å²) >= 11 is 13.2. The van der Waals surface area contributed by atoms with Crippen molar-refractivity contribution < 1.29 is 9.84 Å². The maximum atomic E-state index is 10.1. The van der Waals surface area contributed by atoms with Crippen LogP contribution in [0.2, 0.25) is 10.0 Å². The molecule has 0 aliphatic heterocycles. The molecular formula is C16H14Cl2N4O2S. The van der Waals surface area contributed by atoms with E-state index in [1.54, 1.807) is 22.9 Å². The van der Waals surface area contributed by atoms with Crippen molar-refractivity contribution in [2.24, 2.45) is 0 Å². The van der Waals surface area contributed by atoms with Gasteiger partial charge in [-0.05, 0) is 40.8 Å². The third kappa shape index (κ3) is 4.85. The highest BCUT2D eigenvalue weighted by molar-refractivity contribution is 7.99. The molecule has 0 spiro atoms. The predicted molar refractivity (Wildman–Crippen MR) is 97.8 cm³/mol. The van der Waals surface area contributed by atoms with Crippen LogP contribution in [0.5, 0.6) is 5.75 Å². The lowest BCUT2D eigenvalue weighted by Crippen LogP contribution is -2.20. The van der Waals surface area contributed by atoms with Crippen LogP contribution in [-0.2, 0) is 0 Å². The average molecular weight is 397 g/mol. The van der Waals surface area contributed by atoms with Gasteiger partial charge in [-0.25, -0.2) is 0 Å². The molecule has 1 heterocycles. The molecule has 1 N–H and O–H groups in total. The van der Waals surface area contributed by atoms with Gasteiger partial charge in [-0.15, -0.1) is 5.10 Å². The summed E-state index contributed by atoms with van der Waals surface area (Å²) in [5.41, 5.74) is 0.855. The number of hydrogen-bond donors (Lipinski definition) is 1. The minimum atomic E-state index is -0.710. The summed E-state index contributed by atoms with van der Waals surface area (Å²) in [5.74, 6) is 0.850. The van der Waals surface area contributed by atoms with E-state index < -0.39 is 6.10 Å². The zero-order valence-corrected chi connectivity index (χ0v) is 15.2. The quantitative estimate of drug-likeness (QED) is 0.616. The van der Waals surface area contributed by atoms with Crippen molar-refractivity contribution >= 4 is 35.0 Å². The van der Waals surface area contributed by atoms with Gasteiger partial charge < -0.3 is 9.84 Å². The first kappa shape index (κ1) is 18.0. The second-order valence-electron chi connectivity index (χ2n) is 5.06. The van der Waals surface area contributed by atoms with Crippen LogP contribution in [-0.4, -0.2) is 43.8 Å². The molecule has 0 aliphatic rings. The van der Waals surface area contributed by atoms with Crippen LogP contribution in [0.4, 0.5) is 0 Å². The second-order valence-corrected chi connectivity index (χ2v) is 6.89. The standard InChI is InChI=1S/C16H14Cl2N4O2S/c17-11-6-7-15(14(18)8-11)24-9-13(23)10-25-16-19-20-21-22(16)12-4-2-1-3-5-12/h1-8,13,23H,9-10H2/t13-/m0/s1. The van der Waals surface area contributed by atoms with Crippen molar-refractivity contribution in [3.05, 3.63) is 58.6 Å². The van der Waals surface area contributed by atoms with Gasteiger partial charge in [-0.2, -0.15) is 4.68 Å². The molecule has 0 unspecified atom stereocenters. The molecule has 1 aromatic heterocycles. The summed E-state index contributed by atoms with van der Waals surface area (Å²) in [6.45, 7) is 0.0985. The number of rotatable bonds is 7. The van der Waals surface area contributed by atoms with Crippen LogP contribution in [0, 0.1) is 0 Å². The zero-order chi connectivity index (χ0) is 17.6. The lowest BCUT2D eigenvalue weighted by Gasteiger charge is -2.13. The maximum absolute atomic E-state index is 10.1. The molecule has 0 fully saturated rings. The van der Waals surface area contributed by atoms with Crippen LogP contribution in [0.3, 0.4) is 0 Å². The molecule has 0 radical (unpaired) electrons. The molecule has 0 saturated carbocycles. The Labute approximate surface area is 158 Å². The topological polar surface area (TPSA) is 73.1 Å². The molecular weight excluding hydrogens is 383 g/mol. The highest BCUT2D eigenvalue weighted by atomic mass is 35.5. The van der Waals surface area contributed by atoms with Gasteiger partial charge in [0.2, 0.25) is 5.16 Å². The van der Waals surface area contributed by atoms with Gasteiger partial charge in [0.25, 0.3) is 0 Å². The number of nitrogens with zero attached hydrogens (tertiary/aromatic N) is 4. The largest absolute Gasteiger partial charge is 0.489 e. The van der Waals surface area contributed by atoms with Crippen molar-refractivity contribution in [3.63, 3.8) is 0 Å². The van der Waals surface area contributed by atoms with Crippen molar-refractivity contribution in [1.29, 1.82) is 0 Å². The Balaban J connectivity index is 1.55. The van der Waals surface area contributed by atoms with Crippen molar-refractivity contribution in [2.45, 2.75) is 11.3 Å². The monoisotopic (exact) mass is 396 g/mol. The second kappa shape index (κ2) is 8.53. The molecule has 0 amide bonds. The molecule has 3 rings (SSSR count). The van der Waals surface area contributed by atoms with E-state index >= 15 is 0 Å². The lowest BCUT2D eigenvalue weighted by atomic mass is 10.3. The number of hydrogen-bond acceptors (Lipinski definition) is 6. The molecule has 0 bridgehead atoms. The Morgan fingerprint density at radius 2 is 1.96 bits per heavy atom. The first-order valence-electron chi connectivity index (χ1n) is 7.36. The zero-order valence-electron chi connectivity index (χ0n) is 12.9. The van der Waals surface area contributed by atoms with E-state index in [2.05, 4.69) is 15.5 Å². The fourth-order valence-electron chi connectivity index (χ4n) is 2.00. The molecule has 3 aromatic rings. The molecule has 130 valence electrons. The first-order chi connectivity index (χ1) is 12.1. The van der Waals surface area contributed by atoms with Gasteiger partial charge in [0.1, 0.15) is 12.4 Å². The molecule has 6 nitrogen and oxygen atoms in total. The van der Waals surface area contributed by atoms with Gasteiger partial charge in [0.05, 0.1) is 16.8 Å². The number of halogens is 2. The number of aliphatic hydroxyl groups excluding tert-OH is 1. The minimum Gasteiger partial charge on any atom is -0.489 e. The molecule has 25 heavy (non-hydrogen) atoms. The normalized spacial score (nSPS) is 12.1. The smallest absolute Gasteiger partial charge is 0.214 e. The summed E-state index contributed by atoms with van der Waals surface area (Å²) in [6.07, 6.45) is -0.710. The SMILES string of the molecule is O[C@@H](COc1ccc(Cl)cc1Cl)CSc1nnnn1-c1ccccc1. The number of para-hydroxylation sites is 1. The summed E-state index contributed by atoms with van der Waals surface area (Å²) in [6, 6.07) is 14.5.